The summed E-state index contributed by atoms with van der Waals surface area (Å²) < 4.78 is 13.0. The molecule has 6 rings (SSSR count). The second-order valence-electron chi connectivity index (χ2n) is 10.8. The first kappa shape index (κ1) is 17.0. The molecule has 3 heteroatoms. The van der Waals surface area contributed by atoms with Gasteiger partial charge in [-0.3, -0.25) is 0 Å². The molecule has 1 aromatic carbocycles. The molecule has 2 spiro atoms. The molecule has 4 saturated carbocycles. The number of rotatable bonds is 3. The standard InChI is InChI=1S/C24H32O3/c1-21(2)19(25)9-10-22(3)23-13-17(23)18(26-14-15-7-5-4-6-8-15)11-16(23)12-20-24(21,22)27-20/h4-8,16-20,25H,9-14H2,1-3H3/t16-,17-,18-,19-,20+,22-,23-,24-/m1/s1. The van der Waals surface area contributed by atoms with Crippen molar-refractivity contribution in [1.82, 2.24) is 0 Å². The largest absolute Gasteiger partial charge is 0.392 e. The van der Waals surface area contributed by atoms with Gasteiger partial charge in [0.1, 0.15) is 5.60 Å². The van der Waals surface area contributed by atoms with E-state index in [-0.39, 0.29) is 22.5 Å². The Morgan fingerprint density at radius 3 is 2.70 bits per heavy atom. The molecule has 5 fully saturated rings. The molecule has 0 unspecified atom stereocenters. The maximum Gasteiger partial charge on any atom is 0.108 e. The molecule has 0 amide bonds. The third-order valence-corrected chi connectivity index (χ3v) is 9.84. The lowest BCUT2D eigenvalue weighted by Crippen LogP contribution is -2.64. The van der Waals surface area contributed by atoms with Gasteiger partial charge in [0.15, 0.2) is 0 Å². The third kappa shape index (κ3) is 1.77. The van der Waals surface area contributed by atoms with E-state index in [1.165, 1.54) is 24.8 Å². The average molecular weight is 369 g/mol. The van der Waals surface area contributed by atoms with Crippen LogP contribution in [-0.2, 0) is 16.1 Å². The molecular weight excluding hydrogens is 336 g/mol. The molecule has 8 atom stereocenters. The molecule has 1 heterocycles. The zero-order chi connectivity index (χ0) is 18.7. The van der Waals surface area contributed by atoms with E-state index < -0.39 is 0 Å². The predicted molar refractivity (Wildman–Crippen MR) is 103 cm³/mol. The van der Waals surface area contributed by atoms with E-state index in [0.29, 0.717) is 23.5 Å². The summed E-state index contributed by atoms with van der Waals surface area (Å²) in [5, 5.41) is 10.8. The van der Waals surface area contributed by atoms with Gasteiger partial charge in [-0.15, -0.1) is 0 Å². The first-order valence-corrected chi connectivity index (χ1v) is 10.9. The minimum Gasteiger partial charge on any atom is -0.392 e. The lowest BCUT2D eigenvalue weighted by atomic mass is 9.44. The fourth-order valence-corrected chi connectivity index (χ4v) is 8.47. The second kappa shape index (κ2) is 4.98. The molecule has 27 heavy (non-hydrogen) atoms. The van der Waals surface area contributed by atoms with Crippen molar-refractivity contribution in [2.24, 2.45) is 28.1 Å². The topological polar surface area (TPSA) is 42.0 Å². The van der Waals surface area contributed by atoms with Crippen LogP contribution in [0.3, 0.4) is 0 Å². The molecule has 146 valence electrons. The predicted octanol–water partition coefficient (Wildman–Crippen LogP) is 4.33. The third-order valence-electron chi connectivity index (χ3n) is 9.84. The van der Waals surface area contributed by atoms with Crippen molar-refractivity contribution >= 4 is 0 Å². The highest BCUT2D eigenvalue weighted by Crippen LogP contribution is 2.87. The Kier molecular flexibility index (Phi) is 3.14. The average Bonchev–Trinajstić information content (AvgIpc) is 3.54. The molecule has 1 saturated heterocycles. The van der Waals surface area contributed by atoms with Gasteiger partial charge in [-0.2, -0.15) is 0 Å². The van der Waals surface area contributed by atoms with Gasteiger partial charge in [-0.05, 0) is 54.9 Å². The number of aliphatic hydroxyl groups is 1. The highest BCUT2D eigenvalue weighted by Gasteiger charge is 2.89. The van der Waals surface area contributed by atoms with Crippen molar-refractivity contribution in [3.63, 3.8) is 0 Å². The van der Waals surface area contributed by atoms with Crippen molar-refractivity contribution in [3.05, 3.63) is 35.9 Å². The minimum atomic E-state index is -0.243. The Labute approximate surface area is 162 Å². The van der Waals surface area contributed by atoms with Crippen molar-refractivity contribution in [2.45, 2.75) is 83.4 Å². The van der Waals surface area contributed by atoms with Crippen LogP contribution in [0.15, 0.2) is 30.3 Å². The van der Waals surface area contributed by atoms with Crippen LogP contribution in [0.1, 0.15) is 58.4 Å². The first-order chi connectivity index (χ1) is 12.9. The van der Waals surface area contributed by atoms with Crippen LogP contribution < -0.4 is 0 Å². The Morgan fingerprint density at radius 2 is 1.93 bits per heavy atom. The van der Waals surface area contributed by atoms with Crippen LogP contribution >= 0.6 is 0 Å². The SMILES string of the molecule is CC1(C)[C@H](O)CC[C@]2(C)[C@@]34C[C@@H]3[C@H](OCc3ccccc3)C[C@@H]4C[C@@H]3O[C@]312. The number of aliphatic hydroxyl groups excluding tert-OH is 1. The molecule has 4 aliphatic carbocycles. The van der Waals surface area contributed by atoms with E-state index in [1.807, 2.05) is 0 Å². The molecule has 1 N–H and O–H groups in total. The lowest BCUT2D eigenvalue weighted by Gasteiger charge is -2.59. The Hall–Kier alpha value is -0.900. The molecule has 1 aromatic rings. The van der Waals surface area contributed by atoms with E-state index in [4.69, 9.17) is 9.47 Å². The highest BCUT2D eigenvalue weighted by molar-refractivity contribution is 5.37. The summed E-state index contributed by atoms with van der Waals surface area (Å²) in [5.74, 6) is 1.42. The van der Waals surface area contributed by atoms with E-state index in [0.717, 1.165) is 25.4 Å². The number of benzene rings is 1. The maximum absolute atomic E-state index is 10.8. The van der Waals surface area contributed by atoms with Gasteiger partial charge >= 0.3 is 0 Å². The molecule has 3 nitrogen and oxygen atoms in total. The summed E-state index contributed by atoms with van der Waals surface area (Å²) in [6.45, 7) is 7.74. The Morgan fingerprint density at radius 1 is 1.15 bits per heavy atom. The zero-order valence-electron chi connectivity index (χ0n) is 16.8. The van der Waals surface area contributed by atoms with Crippen molar-refractivity contribution in [3.8, 4) is 0 Å². The van der Waals surface area contributed by atoms with Gasteiger partial charge in [0.2, 0.25) is 0 Å². The van der Waals surface area contributed by atoms with Crippen LogP contribution in [0.2, 0.25) is 0 Å². The second-order valence-corrected chi connectivity index (χ2v) is 10.8. The normalized spacial score (nSPS) is 53.7. The van der Waals surface area contributed by atoms with Gasteiger partial charge in [0, 0.05) is 10.8 Å². The first-order valence-electron chi connectivity index (χ1n) is 10.9. The van der Waals surface area contributed by atoms with Crippen LogP contribution in [0.25, 0.3) is 0 Å². The molecule has 5 aliphatic rings. The summed E-state index contributed by atoms with van der Waals surface area (Å²) in [5.41, 5.74) is 1.58. The van der Waals surface area contributed by atoms with Gasteiger partial charge in [-0.1, -0.05) is 51.1 Å². The summed E-state index contributed by atoms with van der Waals surface area (Å²) in [4.78, 5) is 0. The van der Waals surface area contributed by atoms with Gasteiger partial charge in [0.05, 0.1) is 24.9 Å². The van der Waals surface area contributed by atoms with E-state index >= 15 is 0 Å². The van der Waals surface area contributed by atoms with Crippen molar-refractivity contribution in [1.29, 1.82) is 0 Å². The minimum absolute atomic E-state index is 0.114. The van der Waals surface area contributed by atoms with Crippen LogP contribution in [0, 0.1) is 28.1 Å². The molecule has 0 bridgehead atoms. The fourth-order valence-electron chi connectivity index (χ4n) is 8.47. The monoisotopic (exact) mass is 368 g/mol. The summed E-state index contributed by atoms with van der Waals surface area (Å²) in [6.07, 6.45) is 6.20. The quantitative estimate of drug-likeness (QED) is 0.808. The Bertz CT molecular complexity index is 775. The lowest BCUT2D eigenvalue weighted by molar-refractivity contribution is -0.155. The van der Waals surface area contributed by atoms with Crippen LogP contribution in [0.4, 0.5) is 0 Å². The number of hydrogen-bond acceptors (Lipinski definition) is 3. The summed E-state index contributed by atoms with van der Waals surface area (Å²) >= 11 is 0. The van der Waals surface area contributed by atoms with E-state index in [9.17, 15) is 5.11 Å². The molecule has 1 aliphatic heterocycles. The maximum atomic E-state index is 10.8. The molecule has 0 radical (unpaired) electrons. The summed E-state index contributed by atoms with van der Waals surface area (Å²) in [7, 11) is 0. The van der Waals surface area contributed by atoms with Crippen molar-refractivity contribution in [2.75, 3.05) is 0 Å². The highest BCUT2D eigenvalue weighted by atomic mass is 16.6. The van der Waals surface area contributed by atoms with Crippen molar-refractivity contribution < 1.29 is 14.6 Å². The summed E-state index contributed by atoms with van der Waals surface area (Å²) in [6, 6.07) is 10.6. The number of epoxide rings is 1. The number of hydrogen-bond donors (Lipinski definition) is 1. The van der Waals surface area contributed by atoms with Gasteiger partial charge in [-0.25, -0.2) is 0 Å². The van der Waals surface area contributed by atoms with Gasteiger partial charge < -0.3 is 14.6 Å². The molecular formula is C24H32O3. The van der Waals surface area contributed by atoms with Gasteiger partial charge in [0.25, 0.3) is 0 Å². The number of ether oxygens (including phenoxy) is 2. The molecule has 0 aromatic heterocycles. The Balaban J connectivity index is 1.29. The van der Waals surface area contributed by atoms with Crippen LogP contribution in [-0.4, -0.2) is 29.0 Å². The van der Waals surface area contributed by atoms with E-state index in [1.54, 1.807) is 0 Å². The zero-order valence-corrected chi connectivity index (χ0v) is 16.8. The van der Waals surface area contributed by atoms with E-state index in [2.05, 4.69) is 51.1 Å². The van der Waals surface area contributed by atoms with Crippen LogP contribution in [0.5, 0.6) is 0 Å². The smallest absolute Gasteiger partial charge is 0.108 e. The fraction of sp³-hybridized carbons (Fsp3) is 0.750.